The van der Waals surface area contributed by atoms with Gasteiger partial charge in [-0.2, -0.15) is 5.10 Å². The van der Waals surface area contributed by atoms with E-state index in [1.54, 1.807) is 0 Å². The van der Waals surface area contributed by atoms with E-state index in [0.29, 0.717) is 11.6 Å². The molecule has 1 aliphatic rings. The van der Waals surface area contributed by atoms with Crippen molar-refractivity contribution >= 4 is 22.5 Å². The minimum Gasteiger partial charge on any atom is -0.371 e. The summed E-state index contributed by atoms with van der Waals surface area (Å²) < 4.78 is 0. The van der Waals surface area contributed by atoms with Crippen LogP contribution in [0, 0.1) is 5.92 Å². The van der Waals surface area contributed by atoms with Crippen molar-refractivity contribution in [1.29, 1.82) is 0 Å². The second-order valence-electron chi connectivity index (χ2n) is 6.74. The molecule has 5 heteroatoms. The summed E-state index contributed by atoms with van der Waals surface area (Å²) in [5.41, 5.74) is 2.67. The van der Waals surface area contributed by atoms with Crippen LogP contribution in [0.15, 0.2) is 54.6 Å². The van der Waals surface area contributed by atoms with E-state index in [2.05, 4.69) is 39.4 Å². The van der Waals surface area contributed by atoms with E-state index >= 15 is 0 Å². The van der Waals surface area contributed by atoms with Crippen molar-refractivity contribution < 1.29 is 4.79 Å². The summed E-state index contributed by atoms with van der Waals surface area (Å²) in [4.78, 5) is 17.0. The molecular formula is C20H22N4O. The first-order chi connectivity index (χ1) is 12.2. The zero-order valence-corrected chi connectivity index (χ0v) is 14.4. The third-order valence-electron chi connectivity index (χ3n) is 4.96. The van der Waals surface area contributed by atoms with Crippen molar-refractivity contribution in [3.8, 4) is 0 Å². The number of carbonyl (C=O) groups excluding carboxylic acids is 1. The van der Waals surface area contributed by atoms with E-state index in [-0.39, 0.29) is 5.91 Å². The van der Waals surface area contributed by atoms with E-state index < -0.39 is 0 Å². The Hall–Kier alpha value is -2.82. The van der Waals surface area contributed by atoms with Crippen molar-refractivity contribution in [1.82, 2.24) is 15.1 Å². The summed E-state index contributed by atoms with van der Waals surface area (Å²) in [6.45, 7) is 2.79. The predicted molar refractivity (Wildman–Crippen MR) is 99.8 cm³/mol. The summed E-state index contributed by atoms with van der Waals surface area (Å²) in [6, 6.07) is 18.2. The van der Waals surface area contributed by atoms with Crippen LogP contribution in [0.1, 0.15) is 16.9 Å². The summed E-state index contributed by atoms with van der Waals surface area (Å²) in [5.74, 6) is 0.468. The van der Waals surface area contributed by atoms with Crippen molar-refractivity contribution in [2.24, 2.45) is 5.92 Å². The lowest BCUT2D eigenvalue weighted by molar-refractivity contribution is 0.0772. The van der Waals surface area contributed by atoms with Crippen LogP contribution in [0.5, 0.6) is 0 Å². The number of fused-ring (bicyclic) bond motifs is 1. The lowest BCUT2D eigenvalue weighted by Gasteiger charge is -2.22. The lowest BCUT2D eigenvalue weighted by Crippen LogP contribution is -2.33. The third-order valence-corrected chi connectivity index (χ3v) is 4.96. The highest BCUT2D eigenvalue weighted by Crippen LogP contribution is 2.24. The van der Waals surface area contributed by atoms with Crippen molar-refractivity contribution in [2.75, 3.05) is 31.6 Å². The zero-order valence-electron chi connectivity index (χ0n) is 14.4. The summed E-state index contributed by atoms with van der Waals surface area (Å²) in [6.07, 6.45) is 1.10. The molecule has 5 nitrogen and oxygen atoms in total. The lowest BCUT2D eigenvalue weighted by atomic mass is 10.1. The SMILES string of the molecule is CN(CC1CCN(c2ccccc2)C1)C(=O)c1n[nH]c2ccccc12. The van der Waals surface area contributed by atoms with Gasteiger partial charge in [-0.15, -0.1) is 0 Å². The summed E-state index contributed by atoms with van der Waals surface area (Å²) in [7, 11) is 1.87. The fraction of sp³-hybridized carbons (Fsp3) is 0.300. The standard InChI is InChI=1S/C20H22N4O/c1-23(20(25)19-17-9-5-6-10-18(17)21-22-19)13-15-11-12-24(14-15)16-7-3-2-4-8-16/h2-10,15H,11-14H2,1H3,(H,21,22). The van der Waals surface area contributed by atoms with Gasteiger partial charge in [-0.3, -0.25) is 9.89 Å². The van der Waals surface area contributed by atoms with E-state index in [1.165, 1.54) is 5.69 Å². The van der Waals surface area contributed by atoms with Crippen LogP contribution in [0.3, 0.4) is 0 Å². The van der Waals surface area contributed by atoms with Crippen LogP contribution in [0.2, 0.25) is 0 Å². The number of aromatic amines is 1. The number of amides is 1. The zero-order chi connectivity index (χ0) is 17.2. The number of rotatable bonds is 4. The van der Waals surface area contributed by atoms with Gasteiger partial charge in [0.15, 0.2) is 5.69 Å². The predicted octanol–water partition coefficient (Wildman–Crippen LogP) is 3.16. The smallest absolute Gasteiger partial charge is 0.274 e. The number of H-pyrrole nitrogens is 1. The molecule has 2 aromatic carbocycles. The van der Waals surface area contributed by atoms with Gasteiger partial charge in [-0.25, -0.2) is 0 Å². The van der Waals surface area contributed by atoms with Gasteiger partial charge in [0.1, 0.15) is 0 Å². The Morgan fingerprint density at radius 3 is 2.80 bits per heavy atom. The van der Waals surface area contributed by atoms with Crippen molar-refractivity contribution in [2.45, 2.75) is 6.42 Å². The number of carbonyl (C=O) groups is 1. The maximum Gasteiger partial charge on any atom is 0.274 e. The Morgan fingerprint density at radius 2 is 1.96 bits per heavy atom. The number of nitrogens with one attached hydrogen (secondary N) is 1. The molecule has 0 saturated carbocycles. The molecule has 1 aliphatic heterocycles. The molecule has 25 heavy (non-hydrogen) atoms. The highest BCUT2D eigenvalue weighted by molar-refractivity contribution is 6.04. The van der Waals surface area contributed by atoms with Crippen LogP contribution >= 0.6 is 0 Å². The average Bonchev–Trinajstić information content (AvgIpc) is 3.29. The Kier molecular flexibility index (Phi) is 4.14. The molecule has 1 N–H and O–H groups in total. The van der Waals surface area contributed by atoms with E-state index in [4.69, 9.17) is 0 Å². The highest BCUT2D eigenvalue weighted by Gasteiger charge is 2.26. The first-order valence-electron chi connectivity index (χ1n) is 8.71. The van der Waals surface area contributed by atoms with E-state index in [1.807, 2.05) is 42.3 Å². The number of hydrogen-bond donors (Lipinski definition) is 1. The minimum atomic E-state index is -0.0180. The number of benzene rings is 2. The van der Waals surface area contributed by atoms with Crippen LogP contribution in [-0.4, -0.2) is 47.7 Å². The molecule has 1 aromatic heterocycles. The number of anilines is 1. The average molecular weight is 334 g/mol. The van der Waals surface area contributed by atoms with Gasteiger partial charge < -0.3 is 9.80 Å². The molecule has 2 heterocycles. The van der Waals surface area contributed by atoms with Crippen molar-refractivity contribution in [3.05, 3.63) is 60.3 Å². The summed E-state index contributed by atoms with van der Waals surface area (Å²) in [5, 5.41) is 8.05. The molecule has 1 saturated heterocycles. The minimum absolute atomic E-state index is 0.0180. The molecule has 0 bridgehead atoms. The quantitative estimate of drug-likeness (QED) is 0.797. The number of nitrogens with zero attached hydrogens (tertiary/aromatic N) is 3. The second-order valence-corrected chi connectivity index (χ2v) is 6.74. The number of para-hydroxylation sites is 2. The Balaban J connectivity index is 1.42. The second kappa shape index (κ2) is 6.59. The third kappa shape index (κ3) is 3.09. The Bertz CT molecular complexity index is 874. The van der Waals surface area contributed by atoms with Crippen LogP contribution < -0.4 is 4.90 Å². The first-order valence-corrected chi connectivity index (χ1v) is 8.71. The molecule has 0 aliphatic carbocycles. The molecular weight excluding hydrogens is 312 g/mol. The summed E-state index contributed by atoms with van der Waals surface area (Å²) >= 11 is 0. The van der Waals surface area contributed by atoms with Crippen LogP contribution in [-0.2, 0) is 0 Å². The van der Waals surface area contributed by atoms with Gasteiger partial charge in [-0.1, -0.05) is 36.4 Å². The topological polar surface area (TPSA) is 52.2 Å². The van der Waals surface area contributed by atoms with E-state index in [9.17, 15) is 4.79 Å². The number of hydrogen-bond acceptors (Lipinski definition) is 3. The maximum absolute atomic E-state index is 12.8. The molecule has 1 amide bonds. The fourth-order valence-corrected chi connectivity index (χ4v) is 3.63. The molecule has 128 valence electrons. The van der Waals surface area contributed by atoms with Gasteiger partial charge in [-0.05, 0) is 30.5 Å². The van der Waals surface area contributed by atoms with E-state index in [0.717, 1.165) is 37.0 Å². The molecule has 1 fully saturated rings. The molecule has 4 rings (SSSR count). The Labute approximate surface area is 147 Å². The molecule has 0 spiro atoms. The van der Waals surface area contributed by atoms with Crippen LogP contribution in [0.4, 0.5) is 5.69 Å². The van der Waals surface area contributed by atoms with Crippen molar-refractivity contribution in [3.63, 3.8) is 0 Å². The molecule has 1 unspecified atom stereocenters. The van der Waals surface area contributed by atoms with Gasteiger partial charge in [0, 0.05) is 37.8 Å². The molecule has 1 atom stereocenters. The maximum atomic E-state index is 12.8. The van der Waals surface area contributed by atoms with Crippen LogP contribution in [0.25, 0.3) is 10.9 Å². The fourth-order valence-electron chi connectivity index (χ4n) is 3.63. The van der Waals surface area contributed by atoms with Gasteiger partial charge in [0.05, 0.1) is 5.52 Å². The monoisotopic (exact) mass is 334 g/mol. The normalized spacial score (nSPS) is 17.2. The molecule has 0 radical (unpaired) electrons. The van der Waals surface area contributed by atoms with Gasteiger partial charge in [0.25, 0.3) is 5.91 Å². The first kappa shape index (κ1) is 15.7. The number of aromatic nitrogens is 2. The highest BCUT2D eigenvalue weighted by atomic mass is 16.2. The largest absolute Gasteiger partial charge is 0.371 e. The Morgan fingerprint density at radius 1 is 1.20 bits per heavy atom. The van der Waals surface area contributed by atoms with Gasteiger partial charge in [0.2, 0.25) is 0 Å². The van der Waals surface area contributed by atoms with Gasteiger partial charge >= 0.3 is 0 Å². The molecule has 3 aromatic rings.